The summed E-state index contributed by atoms with van der Waals surface area (Å²) >= 11 is 0. The van der Waals surface area contributed by atoms with E-state index in [0.717, 1.165) is 19.3 Å². The molecule has 5 nitrogen and oxygen atoms in total. The van der Waals surface area contributed by atoms with Crippen molar-refractivity contribution < 1.29 is 19.1 Å². The Balaban J connectivity index is 2.23. The molecule has 1 aliphatic rings. The summed E-state index contributed by atoms with van der Waals surface area (Å²) in [6, 6.07) is -0.455. The normalized spacial score (nSPS) is 18.4. The van der Waals surface area contributed by atoms with Crippen LogP contribution in [0.25, 0.3) is 0 Å². The second kappa shape index (κ2) is 8.77. The van der Waals surface area contributed by atoms with Crippen molar-refractivity contribution >= 4 is 12.1 Å². The van der Waals surface area contributed by atoms with Crippen molar-refractivity contribution in [3.63, 3.8) is 0 Å². The molecule has 0 aromatic rings. The molecular weight excluding hydrogens is 246 g/mol. The fourth-order valence-corrected chi connectivity index (χ4v) is 2.32. The minimum atomic E-state index is -0.455. The number of nitrogens with zero attached hydrogens (tertiary/aromatic N) is 1. The Morgan fingerprint density at radius 2 is 1.95 bits per heavy atom. The highest BCUT2D eigenvalue weighted by Gasteiger charge is 2.35. The van der Waals surface area contributed by atoms with Crippen molar-refractivity contribution in [2.75, 3.05) is 20.3 Å². The summed E-state index contributed by atoms with van der Waals surface area (Å²) in [5, 5.41) is 0. The largest absolute Gasteiger partial charge is 0.464 e. The lowest BCUT2D eigenvalue weighted by molar-refractivity contribution is -0.148. The Kier molecular flexibility index (Phi) is 7.30. The molecule has 0 N–H and O–H groups in total. The van der Waals surface area contributed by atoms with Crippen molar-refractivity contribution in [3.8, 4) is 0 Å². The van der Waals surface area contributed by atoms with Crippen LogP contribution in [-0.4, -0.2) is 43.3 Å². The van der Waals surface area contributed by atoms with E-state index in [1.165, 1.54) is 31.3 Å². The first-order valence-corrected chi connectivity index (χ1v) is 7.22. The number of methoxy groups -OCH3 is 1. The van der Waals surface area contributed by atoms with Gasteiger partial charge in [-0.3, -0.25) is 4.90 Å². The summed E-state index contributed by atoms with van der Waals surface area (Å²) in [7, 11) is 1.33. The lowest BCUT2D eigenvalue weighted by Gasteiger charge is -2.21. The maximum Gasteiger partial charge on any atom is 0.410 e. The van der Waals surface area contributed by atoms with E-state index < -0.39 is 12.1 Å². The van der Waals surface area contributed by atoms with E-state index in [1.54, 1.807) is 0 Å². The van der Waals surface area contributed by atoms with Crippen LogP contribution < -0.4 is 0 Å². The van der Waals surface area contributed by atoms with Gasteiger partial charge in [0.25, 0.3) is 0 Å². The molecule has 1 aliphatic heterocycles. The molecule has 0 unspecified atom stereocenters. The van der Waals surface area contributed by atoms with Gasteiger partial charge in [-0.2, -0.15) is 0 Å². The minimum absolute atomic E-state index is 0.293. The molecule has 0 radical (unpaired) electrons. The summed E-state index contributed by atoms with van der Waals surface area (Å²) in [4.78, 5) is 24.8. The lowest BCUT2D eigenvalue weighted by Crippen LogP contribution is -2.41. The van der Waals surface area contributed by atoms with E-state index in [-0.39, 0.29) is 5.97 Å². The Bertz CT molecular complexity index is 293. The highest BCUT2D eigenvalue weighted by atomic mass is 16.6. The van der Waals surface area contributed by atoms with Crippen LogP contribution >= 0.6 is 0 Å². The van der Waals surface area contributed by atoms with E-state index in [2.05, 4.69) is 11.7 Å². The first-order valence-electron chi connectivity index (χ1n) is 7.22. The number of unbranched alkanes of at least 4 members (excludes halogenated alkanes) is 4. The number of hydrogen-bond donors (Lipinski definition) is 0. The Morgan fingerprint density at radius 3 is 2.63 bits per heavy atom. The first-order chi connectivity index (χ1) is 9.20. The monoisotopic (exact) mass is 271 g/mol. The van der Waals surface area contributed by atoms with Gasteiger partial charge >= 0.3 is 12.1 Å². The molecule has 1 amide bonds. The van der Waals surface area contributed by atoms with Gasteiger partial charge in [0.1, 0.15) is 6.04 Å². The number of amides is 1. The van der Waals surface area contributed by atoms with E-state index in [4.69, 9.17) is 4.74 Å². The van der Waals surface area contributed by atoms with Crippen LogP contribution in [0.3, 0.4) is 0 Å². The Labute approximate surface area is 115 Å². The van der Waals surface area contributed by atoms with Crippen molar-refractivity contribution in [1.82, 2.24) is 4.90 Å². The molecule has 0 aromatic heterocycles. The minimum Gasteiger partial charge on any atom is -0.464 e. The van der Waals surface area contributed by atoms with Gasteiger partial charge in [0.2, 0.25) is 0 Å². The quantitative estimate of drug-likeness (QED) is 0.527. The van der Waals surface area contributed by atoms with Gasteiger partial charge < -0.3 is 9.47 Å². The molecule has 0 spiro atoms. The summed E-state index contributed by atoms with van der Waals surface area (Å²) in [6.07, 6.45) is 6.66. The molecule has 1 saturated heterocycles. The highest BCUT2D eigenvalue weighted by molar-refractivity contribution is 5.82. The average molecular weight is 271 g/mol. The van der Waals surface area contributed by atoms with Crippen molar-refractivity contribution in [2.24, 2.45) is 0 Å². The second-order valence-electron chi connectivity index (χ2n) is 4.90. The predicted molar refractivity (Wildman–Crippen MR) is 71.9 cm³/mol. The standard InChI is InChI=1S/C14H25NO4/c1-3-4-5-6-7-11-19-13(16)12-9-8-10-15(12)14(17)18-2/h12H,3-11H2,1-2H3/t12-/m1/s1. The molecule has 1 rings (SSSR count). The maximum atomic E-state index is 11.9. The smallest absolute Gasteiger partial charge is 0.410 e. The zero-order chi connectivity index (χ0) is 14.1. The van der Waals surface area contributed by atoms with Crippen LogP contribution in [0.2, 0.25) is 0 Å². The van der Waals surface area contributed by atoms with E-state index in [1.807, 2.05) is 0 Å². The van der Waals surface area contributed by atoms with Crippen molar-refractivity contribution in [3.05, 3.63) is 0 Å². The van der Waals surface area contributed by atoms with Crippen LogP contribution in [0.15, 0.2) is 0 Å². The van der Waals surface area contributed by atoms with Gasteiger partial charge in [0, 0.05) is 6.54 Å². The fourth-order valence-electron chi connectivity index (χ4n) is 2.32. The van der Waals surface area contributed by atoms with E-state index >= 15 is 0 Å². The molecule has 1 fully saturated rings. The highest BCUT2D eigenvalue weighted by Crippen LogP contribution is 2.19. The summed E-state index contributed by atoms with van der Waals surface area (Å²) < 4.78 is 9.91. The summed E-state index contributed by atoms with van der Waals surface area (Å²) in [5.41, 5.74) is 0. The van der Waals surface area contributed by atoms with Gasteiger partial charge in [0.05, 0.1) is 13.7 Å². The molecule has 110 valence electrons. The molecule has 0 aromatic carbocycles. The second-order valence-corrected chi connectivity index (χ2v) is 4.90. The zero-order valence-corrected chi connectivity index (χ0v) is 12.0. The molecule has 1 atom stereocenters. The molecule has 0 saturated carbocycles. The van der Waals surface area contributed by atoms with E-state index in [0.29, 0.717) is 19.6 Å². The molecule has 19 heavy (non-hydrogen) atoms. The van der Waals surface area contributed by atoms with E-state index in [9.17, 15) is 9.59 Å². The summed E-state index contributed by atoms with van der Waals surface area (Å²) in [5.74, 6) is -0.293. The third-order valence-corrected chi connectivity index (χ3v) is 3.43. The number of esters is 1. The maximum absolute atomic E-state index is 11.9. The lowest BCUT2D eigenvalue weighted by atomic mass is 10.2. The number of rotatable bonds is 7. The van der Waals surface area contributed by atoms with Crippen LogP contribution in [-0.2, 0) is 14.3 Å². The number of likely N-dealkylation sites (tertiary alicyclic amines) is 1. The van der Waals surface area contributed by atoms with Gasteiger partial charge in [0.15, 0.2) is 0 Å². The van der Waals surface area contributed by atoms with Gasteiger partial charge in [-0.15, -0.1) is 0 Å². The van der Waals surface area contributed by atoms with Crippen molar-refractivity contribution in [2.45, 2.75) is 57.9 Å². The van der Waals surface area contributed by atoms with Crippen LogP contribution in [0.4, 0.5) is 4.79 Å². The number of carbonyl (C=O) groups is 2. The van der Waals surface area contributed by atoms with Crippen LogP contribution in [0, 0.1) is 0 Å². The SMILES string of the molecule is CCCCCCCOC(=O)[C@H]1CCCN1C(=O)OC. The molecule has 0 bridgehead atoms. The predicted octanol–water partition coefficient (Wildman–Crippen LogP) is 2.73. The molecule has 0 aliphatic carbocycles. The van der Waals surface area contributed by atoms with Gasteiger partial charge in [-0.25, -0.2) is 9.59 Å². The third kappa shape index (κ3) is 5.09. The topological polar surface area (TPSA) is 55.8 Å². The van der Waals surface area contributed by atoms with Crippen LogP contribution in [0.1, 0.15) is 51.9 Å². The zero-order valence-electron chi connectivity index (χ0n) is 12.0. The van der Waals surface area contributed by atoms with Gasteiger partial charge in [-0.1, -0.05) is 32.6 Å². The average Bonchev–Trinajstić information content (AvgIpc) is 2.91. The molecule has 5 heteroatoms. The molecule has 1 heterocycles. The molecular formula is C14H25NO4. The first kappa shape index (κ1) is 15.8. The van der Waals surface area contributed by atoms with Gasteiger partial charge in [-0.05, 0) is 19.3 Å². The Morgan fingerprint density at radius 1 is 1.21 bits per heavy atom. The number of carbonyl (C=O) groups excluding carboxylic acids is 2. The summed E-state index contributed by atoms with van der Waals surface area (Å²) in [6.45, 7) is 3.19. The third-order valence-electron chi connectivity index (χ3n) is 3.43. The fraction of sp³-hybridized carbons (Fsp3) is 0.857. The van der Waals surface area contributed by atoms with Crippen LogP contribution in [0.5, 0.6) is 0 Å². The number of hydrogen-bond acceptors (Lipinski definition) is 4. The number of ether oxygens (including phenoxy) is 2. The Hall–Kier alpha value is -1.26. The van der Waals surface area contributed by atoms with Crippen molar-refractivity contribution in [1.29, 1.82) is 0 Å².